The number of nitrogens with two attached hydrogens (primary N) is 1. The molecule has 0 spiro atoms. The molecule has 0 aromatic carbocycles. The van der Waals surface area contributed by atoms with Gasteiger partial charge in [-0.15, -0.1) is 5.10 Å². The standard InChI is InChI=1S/C10H20N4O/c1-3-6-14(7-4-2)8-5-9-12-13-10(11)15-9/h3-8H2,1-2H3,(H2,11,13). The van der Waals surface area contributed by atoms with Crippen LogP contribution < -0.4 is 5.73 Å². The molecule has 0 saturated heterocycles. The molecular formula is C10H20N4O. The zero-order chi connectivity index (χ0) is 11.1. The molecule has 5 heteroatoms. The van der Waals surface area contributed by atoms with Gasteiger partial charge in [0.05, 0.1) is 0 Å². The first-order valence-electron chi connectivity index (χ1n) is 5.56. The fourth-order valence-electron chi connectivity index (χ4n) is 1.59. The number of aromatic nitrogens is 2. The van der Waals surface area contributed by atoms with Gasteiger partial charge < -0.3 is 15.1 Å². The lowest BCUT2D eigenvalue weighted by Crippen LogP contribution is -2.27. The summed E-state index contributed by atoms with van der Waals surface area (Å²) >= 11 is 0. The van der Waals surface area contributed by atoms with E-state index in [1.165, 1.54) is 12.8 Å². The number of rotatable bonds is 7. The quantitative estimate of drug-likeness (QED) is 0.738. The van der Waals surface area contributed by atoms with Crippen LogP contribution in [0.3, 0.4) is 0 Å². The van der Waals surface area contributed by atoms with Gasteiger partial charge in [-0.25, -0.2) is 0 Å². The summed E-state index contributed by atoms with van der Waals surface area (Å²) in [6.45, 7) is 7.58. The van der Waals surface area contributed by atoms with E-state index >= 15 is 0 Å². The summed E-state index contributed by atoms with van der Waals surface area (Å²) in [4.78, 5) is 2.40. The minimum atomic E-state index is 0.155. The van der Waals surface area contributed by atoms with E-state index in [0.29, 0.717) is 5.89 Å². The van der Waals surface area contributed by atoms with Crippen molar-refractivity contribution in [2.24, 2.45) is 0 Å². The van der Waals surface area contributed by atoms with Crippen molar-refractivity contribution >= 4 is 6.01 Å². The van der Waals surface area contributed by atoms with E-state index in [1.54, 1.807) is 0 Å². The van der Waals surface area contributed by atoms with E-state index in [0.717, 1.165) is 26.1 Å². The SMILES string of the molecule is CCCN(CCC)CCc1nnc(N)o1. The van der Waals surface area contributed by atoms with Gasteiger partial charge in [-0.2, -0.15) is 0 Å². The first-order valence-corrected chi connectivity index (χ1v) is 5.56. The minimum Gasteiger partial charge on any atom is -0.408 e. The molecule has 0 bridgehead atoms. The van der Waals surface area contributed by atoms with Crippen LogP contribution in [-0.2, 0) is 6.42 Å². The van der Waals surface area contributed by atoms with Crippen LogP contribution in [-0.4, -0.2) is 34.7 Å². The molecule has 0 aliphatic rings. The minimum absolute atomic E-state index is 0.155. The Bertz CT molecular complexity index is 268. The molecule has 0 atom stereocenters. The lowest BCUT2D eigenvalue weighted by atomic mass is 10.3. The van der Waals surface area contributed by atoms with Gasteiger partial charge in [-0.1, -0.05) is 18.9 Å². The van der Waals surface area contributed by atoms with Crippen molar-refractivity contribution in [1.82, 2.24) is 15.1 Å². The molecule has 86 valence electrons. The van der Waals surface area contributed by atoms with Gasteiger partial charge in [0.25, 0.3) is 0 Å². The summed E-state index contributed by atoms with van der Waals surface area (Å²) in [6.07, 6.45) is 3.13. The molecule has 0 aliphatic heterocycles. The summed E-state index contributed by atoms with van der Waals surface area (Å²) in [5, 5.41) is 7.47. The first-order chi connectivity index (χ1) is 7.26. The molecule has 0 saturated carbocycles. The van der Waals surface area contributed by atoms with Crippen LogP contribution in [0.4, 0.5) is 6.01 Å². The Kier molecular flexibility index (Phi) is 5.10. The first kappa shape index (κ1) is 12.0. The second kappa shape index (κ2) is 6.40. The largest absolute Gasteiger partial charge is 0.408 e. The van der Waals surface area contributed by atoms with Gasteiger partial charge in [-0.3, -0.25) is 0 Å². The lowest BCUT2D eigenvalue weighted by molar-refractivity contribution is 0.270. The maximum atomic E-state index is 5.35. The lowest BCUT2D eigenvalue weighted by Gasteiger charge is -2.19. The second-order valence-corrected chi connectivity index (χ2v) is 3.63. The highest BCUT2D eigenvalue weighted by Crippen LogP contribution is 2.03. The van der Waals surface area contributed by atoms with Crippen molar-refractivity contribution in [2.75, 3.05) is 25.4 Å². The molecule has 1 aromatic rings. The molecule has 0 fully saturated rings. The predicted molar refractivity (Wildman–Crippen MR) is 59.4 cm³/mol. The molecular weight excluding hydrogens is 192 g/mol. The zero-order valence-corrected chi connectivity index (χ0v) is 9.57. The van der Waals surface area contributed by atoms with Gasteiger partial charge in [0, 0.05) is 13.0 Å². The smallest absolute Gasteiger partial charge is 0.312 e. The third-order valence-corrected chi connectivity index (χ3v) is 2.20. The van der Waals surface area contributed by atoms with Crippen molar-refractivity contribution in [2.45, 2.75) is 33.1 Å². The Hall–Kier alpha value is -1.10. The van der Waals surface area contributed by atoms with E-state index in [9.17, 15) is 0 Å². The third-order valence-electron chi connectivity index (χ3n) is 2.20. The average molecular weight is 212 g/mol. The molecule has 2 N–H and O–H groups in total. The molecule has 0 amide bonds. The van der Waals surface area contributed by atoms with Gasteiger partial charge in [0.15, 0.2) is 0 Å². The number of hydrogen-bond donors (Lipinski definition) is 1. The number of anilines is 1. The fraction of sp³-hybridized carbons (Fsp3) is 0.800. The molecule has 1 rings (SSSR count). The van der Waals surface area contributed by atoms with Crippen LogP contribution in [0.25, 0.3) is 0 Å². The van der Waals surface area contributed by atoms with Gasteiger partial charge in [-0.05, 0) is 25.9 Å². The highest BCUT2D eigenvalue weighted by molar-refractivity contribution is 5.04. The van der Waals surface area contributed by atoms with Crippen LogP contribution in [0.15, 0.2) is 4.42 Å². The molecule has 0 unspecified atom stereocenters. The van der Waals surface area contributed by atoms with Crippen molar-refractivity contribution in [3.05, 3.63) is 5.89 Å². The van der Waals surface area contributed by atoms with Crippen LogP contribution in [0, 0.1) is 0 Å². The van der Waals surface area contributed by atoms with Crippen LogP contribution in [0.2, 0.25) is 0 Å². The Morgan fingerprint density at radius 1 is 1.13 bits per heavy atom. The molecule has 0 aliphatic carbocycles. The maximum Gasteiger partial charge on any atom is 0.312 e. The van der Waals surface area contributed by atoms with E-state index in [1.807, 2.05) is 0 Å². The second-order valence-electron chi connectivity index (χ2n) is 3.63. The fourth-order valence-corrected chi connectivity index (χ4v) is 1.59. The van der Waals surface area contributed by atoms with Crippen molar-refractivity contribution in [3.8, 4) is 0 Å². The van der Waals surface area contributed by atoms with Crippen LogP contribution in [0.1, 0.15) is 32.6 Å². The molecule has 15 heavy (non-hydrogen) atoms. The highest BCUT2D eigenvalue weighted by atomic mass is 16.4. The predicted octanol–water partition coefficient (Wildman–Crippen LogP) is 1.32. The zero-order valence-electron chi connectivity index (χ0n) is 9.57. The molecule has 1 aromatic heterocycles. The van der Waals surface area contributed by atoms with Crippen molar-refractivity contribution < 1.29 is 4.42 Å². The monoisotopic (exact) mass is 212 g/mol. The Morgan fingerprint density at radius 3 is 2.27 bits per heavy atom. The average Bonchev–Trinajstić information content (AvgIpc) is 2.61. The van der Waals surface area contributed by atoms with Crippen molar-refractivity contribution in [1.29, 1.82) is 0 Å². The van der Waals surface area contributed by atoms with E-state index in [4.69, 9.17) is 10.2 Å². The number of nitrogens with zero attached hydrogens (tertiary/aromatic N) is 3. The van der Waals surface area contributed by atoms with E-state index in [2.05, 4.69) is 28.9 Å². The number of nitrogen functional groups attached to an aromatic ring is 1. The van der Waals surface area contributed by atoms with Crippen LogP contribution >= 0.6 is 0 Å². The maximum absolute atomic E-state index is 5.35. The van der Waals surface area contributed by atoms with Gasteiger partial charge >= 0.3 is 6.01 Å². The van der Waals surface area contributed by atoms with Gasteiger partial charge in [0.1, 0.15) is 0 Å². The molecule has 1 heterocycles. The topological polar surface area (TPSA) is 68.2 Å². The van der Waals surface area contributed by atoms with Crippen LogP contribution in [0.5, 0.6) is 0 Å². The third kappa shape index (κ3) is 4.29. The van der Waals surface area contributed by atoms with E-state index in [-0.39, 0.29) is 6.01 Å². The summed E-state index contributed by atoms with van der Waals surface area (Å²) < 4.78 is 5.12. The summed E-state index contributed by atoms with van der Waals surface area (Å²) in [5.41, 5.74) is 5.35. The summed E-state index contributed by atoms with van der Waals surface area (Å²) in [5.74, 6) is 0.629. The van der Waals surface area contributed by atoms with E-state index < -0.39 is 0 Å². The summed E-state index contributed by atoms with van der Waals surface area (Å²) in [7, 11) is 0. The van der Waals surface area contributed by atoms with Crippen molar-refractivity contribution in [3.63, 3.8) is 0 Å². The normalized spacial score (nSPS) is 11.1. The molecule has 5 nitrogen and oxygen atoms in total. The highest BCUT2D eigenvalue weighted by Gasteiger charge is 2.06. The Morgan fingerprint density at radius 2 is 1.80 bits per heavy atom. The summed E-state index contributed by atoms with van der Waals surface area (Å²) in [6, 6.07) is 0.155. The Balaban J connectivity index is 2.32. The molecule has 0 radical (unpaired) electrons. The Labute approximate surface area is 90.7 Å². The number of hydrogen-bond acceptors (Lipinski definition) is 5. The van der Waals surface area contributed by atoms with Gasteiger partial charge in [0.2, 0.25) is 5.89 Å².